The molecule has 1 aliphatic heterocycles. The average molecular weight is 429 g/mol. The van der Waals surface area contributed by atoms with Gasteiger partial charge >= 0.3 is 6.09 Å². The molecule has 164 valence electrons. The lowest BCUT2D eigenvalue weighted by Crippen LogP contribution is -2.50. The van der Waals surface area contributed by atoms with Crippen molar-refractivity contribution in [2.45, 2.75) is 45.4 Å². The van der Waals surface area contributed by atoms with Crippen molar-refractivity contribution < 1.29 is 14.3 Å². The summed E-state index contributed by atoms with van der Waals surface area (Å²) in [5.41, 5.74) is 4.87. The number of carbonyl (C=O) groups is 2. The van der Waals surface area contributed by atoms with Gasteiger partial charge in [-0.1, -0.05) is 86.6 Å². The van der Waals surface area contributed by atoms with E-state index in [0.717, 1.165) is 27.9 Å². The van der Waals surface area contributed by atoms with Crippen molar-refractivity contribution in [3.63, 3.8) is 0 Å². The summed E-state index contributed by atoms with van der Waals surface area (Å²) in [6.45, 7) is 4.69. The minimum Gasteiger partial charge on any atom is -0.445 e. The van der Waals surface area contributed by atoms with Crippen LogP contribution in [0.3, 0.4) is 0 Å². The summed E-state index contributed by atoms with van der Waals surface area (Å²) < 4.78 is 5.58. The highest BCUT2D eigenvalue weighted by Gasteiger charge is 2.35. The molecule has 32 heavy (non-hydrogen) atoms. The Morgan fingerprint density at radius 1 is 0.938 bits per heavy atom. The number of nitrogens with one attached hydrogen (secondary N) is 1. The Kier molecular flexibility index (Phi) is 6.55. The Morgan fingerprint density at radius 2 is 1.59 bits per heavy atom. The second-order valence-corrected chi connectivity index (χ2v) is 8.39. The van der Waals surface area contributed by atoms with Crippen LogP contribution < -0.4 is 5.32 Å². The average Bonchev–Trinajstić information content (AvgIpc) is 2.82. The Morgan fingerprint density at radius 3 is 2.34 bits per heavy atom. The van der Waals surface area contributed by atoms with E-state index in [1.807, 2.05) is 78.9 Å². The van der Waals surface area contributed by atoms with E-state index < -0.39 is 12.1 Å². The van der Waals surface area contributed by atoms with Crippen LogP contribution in [-0.4, -0.2) is 22.9 Å². The molecule has 0 spiro atoms. The summed E-state index contributed by atoms with van der Waals surface area (Å²) in [6, 6.07) is 24.6. The van der Waals surface area contributed by atoms with Crippen LogP contribution >= 0.6 is 0 Å². The van der Waals surface area contributed by atoms with Gasteiger partial charge in [0.15, 0.2) is 0 Å². The first kappa shape index (κ1) is 21.6. The molecule has 5 nitrogen and oxygen atoms in total. The fourth-order valence-electron chi connectivity index (χ4n) is 4.08. The minimum absolute atomic E-state index is 0.169. The quantitative estimate of drug-likeness (QED) is 0.583. The Bertz CT molecular complexity index is 1090. The van der Waals surface area contributed by atoms with E-state index in [-0.39, 0.29) is 18.4 Å². The second kappa shape index (κ2) is 9.69. The third-order valence-corrected chi connectivity index (χ3v) is 5.83. The standard InChI is InChI=1S/C27H28N2O3/c1-19(2)23-14-8-9-15-24(23)28-26(30)25-16-21-12-6-7-13-22(21)17-29(25)27(31)32-18-20-10-4-3-5-11-20/h3-15,19,25H,16-18H2,1-2H3,(H,28,30)/t25-/m0/s1. The monoisotopic (exact) mass is 428 g/mol. The number of fused-ring (bicyclic) bond motifs is 1. The van der Waals surface area contributed by atoms with Crippen LogP contribution in [0.1, 0.15) is 42.0 Å². The molecule has 0 aromatic heterocycles. The molecule has 1 aliphatic rings. The first-order valence-electron chi connectivity index (χ1n) is 11.0. The van der Waals surface area contributed by atoms with Gasteiger partial charge in [0, 0.05) is 12.1 Å². The number of nitrogens with zero attached hydrogens (tertiary/aromatic N) is 1. The van der Waals surface area contributed by atoms with Crippen molar-refractivity contribution in [3.05, 3.63) is 101 Å². The summed E-state index contributed by atoms with van der Waals surface area (Å²) in [5.74, 6) is 0.0646. The van der Waals surface area contributed by atoms with Gasteiger partial charge in [0.1, 0.15) is 12.6 Å². The fraction of sp³-hybridized carbons (Fsp3) is 0.259. The van der Waals surface area contributed by atoms with Gasteiger partial charge in [-0.2, -0.15) is 0 Å². The largest absolute Gasteiger partial charge is 0.445 e. The summed E-state index contributed by atoms with van der Waals surface area (Å²) in [5, 5.41) is 3.06. The summed E-state index contributed by atoms with van der Waals surface area (Å²) >= 11 is 0. The molecule has 0 saturated carbocycles. The number of hydrogen-bond acceptors (Lipinski definition) is 3. The number of amides is 2. The van der Waals surface area contributed by atoms with Crippen molar-refractivity contribution in [2.75, 3.05) is 5.32 Å². The van der Waals surface area contributed by atoms with E-state index in [9.17, 15) is 9.59 Å². The number of anilines is 1. The van der Waals surface area contributed by atoms with Gasteiger partial charge in [-0.15, -0.1) is 0 Å². The van der Waals surface area contributed by atoms with Gasteiger partial charge in [-0.25, -0.2) is 4.79 Å². The van der Waals surface area contributed by atoms with E-state index in [4.69, 9.17) is 4.74 Å². The smallest absolute Gasteiger partial charge is 0.411 e. The van der Waals surface area contributed by atoms with Crippen LogP contribution in [0.4, 0.5) is 10.5 Å². The van der Waals surface area contributed by atoms with E-state index >= 15 is 0 Å². The second-order valence-electron chi connectivity index (χ2n) is 8.39. The van der Waals surface area contributed by atoms with Gasteiger partial charge in [0.25, 0.3) is 0 Å². The van der Waals surface area contributed by atoms with Crippen LogP contribution in [0.25, 0.3) is 0 Å². The van der Waals surface area contributed by atoms with E-state index in [0.29, 0.717) is 13.0 Å². The van der Waals surface area contributed by atoms with Crippen molar-refractivity contribution >= 4 is 17.7 Å². The zero-order valence-corrected chi connectivity index (χ0v) is 18.5. The SMILES string of the molecule is CC(C)c1ccccc1NC(=O)[C@@H]1Cc2ccccc2CN1C(=O)OCc1ccccc1. The maximum atomic E-state index is 13.4. The highest BCUT2D eigenvalue weighted by Crippen LogP contribution is 2.28. The van der Waals surface area contributed by atoms with E-state index in [2.05, 4.69) is 19.2 Å². The first-order valence-corrected chi connectivity index (χ1v) is 11.0. The summed E-state index contributed by atoms with van der Waals surface area (Å²) in [7, 11) is 0. The van der Waals surface area contributed by atoms with Crippen LogP contribution in [0.5, 0.6) is 0 Å². The van der Waals surface area contributed by atoms with Crippen molar-refractivity contribution in [1.29, 1.82) is 0 Å². The zero-order chi connectivity index (χ0) is 22.5. The third kappa shape index (κ3) is 4.83. The molecule has 2 amide bonds. The highest BCUT2D eigenvalue weighted by atomic mass is 16.6. The first-order chi connectivity index (χ1) is 15.5. The highest BCUT2D eigenvalue weighted by molar-refractivity contribution is 5.97. The molecule has 0 radical (unpaired) electrons. The van der Waals surface area contributed by atoms with Gasteiger partial charge in [-0.05, 0) is 34.2 Å². The molecule has 0 bridgehead atoms. The lowest BCUT2D eigenvalue weighted by Gasteiger charge is -2.35. The number of ether oxygens (including phenoxy) is 1. The number of para-hydroxylation sites is 1. The number of carbonyl (C=O) groups excluding carboxylic acids is 2. The van der Waals surface area contributed by atoms with Gasteiger partial charge in [0.2, 0.25) is 5.91 Å². The van der Waals surface area contributed by atoms with E-state index in [1.165, 1.54) is 0 Å². The van der Waals surface area contributed by atoms with Gasteiger partial charge in [0.05, 0.1) is 6.54 Å². The lowest BCUT2D eigenvalue weighted by molar-refractivity contribution is -0.121. The number of benzene rings is 3. The maximum Gasteiger partial charge on any atom is 0.411 e. The van der Waals surface area contributed by atoms with Crippen molar-refractivity contribution in [1.82, 2.24) is 4.90 Å². The summed E-state index contributed by atoms with van der Waals surface area (Å²) in [6.07, 6.45) is -0.0348. The van der Waals surface area contributed by atoms with Crippen LogP contribution in [0, 0.1) is 0 Å². The molecule has 1 heterocycles. The zero-order valence-electron chi connectivity index (χ0n) is 18.5. The number of hydrogen-bond donors (Lipinski definition) is 1. The van der Waals surface area contributed by atoms with Crippen LogP contribution in [-0.2, 0) is 29.1 Å². The maximum absolute atomic E-state index is 13.4. The Labute approximate surface area is 189 Å². The Balaban J connectivity index is 1.56. The molecule has 0 fully saturated rings. The van der Waals surface area contributed by atoms with E-state index in [1.54, 1.807) is 4.90 Å². The van der Waals surface area contributed by atoms with Crippen molar-refractivity contribution in [3.8, 4) is 0 Å². The molecular weight excluding hydrogens is 400 g/mol. The molecule has 3 aromatic rings. The van der Waals surface area contributed by atoms with Gasteiger partial charge < -0.3 is 10.1 Å². The third-order valence-electron chi connectivity index (χ3n) is 5.83. The normalized spacial score (nSPS) is 15.2. The summed E-state index contributed by atoms with van der Waals surface area (Å²) in [4.78, 5) is 28.0. The molecule has 0 unspecified atom stereocenters. The molecule has 0 saturated heterocycles. The molecule has 3 aromatic carbocycles. The van der Waals surface area contributed by atoms with Crippen molar-refractivity contribution in [2.24, 2.45) is 0 Å². The lowest BCUT2D eigenvalue weighted by atomic mass is 9.93. The fourth-order valence-corrected chi connectivity index (χ4v) is 4.08. The number of rotatable bonds is 5. The minimum atomic E-state index is -0.645. The molecule has 1 N–H and O–H groups in total. The Hall–Kier alpha value is -3.60. The predicted molar refractivity (Wildman–Crippen MR) is 125 cm³/mol. The molecule has 4 rings (SSSR count). The van der Waals surface area contributed by atoms with Crippen LogP contribution in [0.2, 0.25) is 0 Å². The predicted octanol–water partition coefficient (Wildman–Crippen LogP) is 5.51. The molecule has 0 aliphatic carbocycles. The van der Waals surface area contributed by atoms with Gasteiger partial charge in [-0.3, -0.25) is 9.69 Å². The molecular formula is C27H28N2O3. The molecule has 5 heteroatoms. The molecule has 1 atom stereocenters. The van der Waals surface area contributed by atoms with Crippen LogP contribution in [0.15, 0.2) is 78.9 Å². The topological polar surface area (TPSA) is 58.6 Å².